The van der Waals surface area contributed by atoms with Gasteiger partial charge in [-0.05, 0) is 24.3 Å². The van der Waals surface area contributed by atoms with Crippen LogP contribution in [0.25, 0.3) is 11.0 Å². The molecule has 2 N–H and O–H groups in total. The van der Waals surface area contributed by atoms with Gasteiger partial charge in [-0.15, -0.1) is 0 Å². The first-order chi connectivity index (χ1) is 12.1. The molecule has 1 aliphatic rings. The van der Waals surface area contributed by atoms with Gasteiger partial charge in [0.2, 0.25) is 5.91 Å². The van der Waals surface area contributed by atoms with E-state index in [0.717, 1.165) is 6.20 Å². The van der Waals surface area contributed by atoms with E-state index in [0.29, 0.717) is 31.5 Å². The Morgan fingerprint density at radius 2 is 1.92 bits per heavy atom. The zero-order valence-corrected chi connectivity index (χ0v) is 15.1. The molecule has 1 saturated heterocycles. The minimum absolute atomic E-state index is 0.0559. The molecule has 0 aliphatic carbocycles. The van der Waals surface area contributed by atoms with E-state index in [1.807, 2.05) is 13.8 Å². The first-order valence-corrected chi connectivity index (χ1v) is 8.70. The number of nitrogen functional groups attached to an aromatic ring is 1. The van der Waals surface area contributed by atoms with Crippen molar-refractivity contribution in [1.29, 1.82) is 0 Å². The Kier molecular flexibility index (Phi) is 4.62. The number of nitrogens with two attached hydrogens (primary N) is 1. The zero-order valence-electron chi connectivity index (χ0n) is 15.1. The molecular formula is C18H23F3N4O. The number of anilines is 1. The number of hydrogen-bond acceptors (Lipinski definition) is 3. The second-order valence-electron chi connectivity index (χ2n) is 7.23. The van der Waals surface area contributed by atoms with E-state index in [9.17, 15) is 18.0 Å². The highest BCUT2D eigenvalue weighted by Gasteiger charge is 2.38. The summed E-state index contributed by atoms with van der Waals surface area (Å²) in [6.07, 6.45) is -0.501. The highest BCUT2D eigenvalue weighted by atomic mass is 19.4. The molecule has 0 saturated carbocycles. The molecule has 0 aromatic carbocycles. The summed E-state index contributed by atoms with van der Waals surface area (Å²) in [7, 11) is 1.69. The highest BCUT2D eigenvalue weighted by molar-refractivity contribution is 5.89. The predicted molar refractivity (Wildman–Crippen MR) is 93.5 cm³/mol. The van der Waals surface area contributed by atoms with Crippen molar-refractivity contribution in [1.82, 2.24) is 14.5 Å². The summed E-state index contributed by atoms with van der Waals surface area (Å²) < 4.78 is 42.5. The molecule has 2 aromatic heterocycles. The van der Waals surface area contributed by atoms with Gasteiger partial charge in [0.1, 0.15) is 5.65 Å². The van der Waals surface area contributed by atoms with Crippen molar-refractivity contribution in [2.45, 2.75) is 38.8 Å². The molecule has 26 heavy (non-hydrogen) atoms. The molecule has 0 atom stereocenters. The average molecular weight is 368 g/mol. The van der Waals surface area contributed by atoms with E-state index in [-0.39, 0.29) is 34.5 Å². The number of aryl methyl sites for hydroxylation is 1. The second-order valence-corrected chi connectivity index (χ2v) is 7.23. The first-order valence-electron chi connectivity index (χ1n) is 8.70. The van der Waals surface area contributed by atoms with E-state index >= 15 is 0 Å². The van der Waals surface area contributed by atoms with Gasteiger partial charge in [-0.25, -0.2) is 4.98 Å². The zero-order chi connectivity index (χ0) is 19.2. The normalized spacial score (nSPS) is 16.7. The van der Waals surface area contributed by atoms with Crippen LogP contribution in [-0.4, -0.2) is 33.4 Å². The number of nitrogens with zero attached hydrogens (tertiary/aromatic N) is 3. The maximum atomic E-state index is 13.6. The van der Waals surface area contributed by atoms with E-state index < -0.39 is 11.7 Å². The van der Waals surface area contributed by atoms with Crippen LogP contribution in [0.1, 0.15) is 43.7 Å². The Labute approximate surface area is 150 Å². The van der Waals surface area contributed by atoms with E-state index in [4.69, 9.17) is 5.73 Å². The van der Waals surface area contributed by atoms with Crippen LogP contribution >= 0.6 is 0 Å². The lowest BCUT2D eigenvalue weighted by Gasteiger charge is -2.33. The van der Waals surface area contributed by atoms with Crippen LogP contribution < -0.4 is 5.73 Å². The van der Waals surface area contributed by atoms with Crippen LogP contribution in [0.2, 0.25) is 0 Å². The minimum Gasteiger partial charge on any atom is -0.397 e. The summed E-state index contributed by atoms with van der Waals surface area (Å²) in [4.78, 5) is 18.0. The second kappa shape index (κ2) is 6.48. The number of rotatable bonds is 2. The number of carbonyl (C=O) groups is 1. The van der Waals surface area contributed by atoms with Crippen LogP contribution in [0.3, 0.4) is 0 Å². The lowest BCUT2D eigenvalue weighted by atomic mass is 9.88. The molecule has 2 aromatic rings. The number of halogens is 3. The van der Waals surface area contributed by atoms with Gasteiger partial charge < -0.3 is 15.2 Å². The molecule has 5 nitrogen and oxygen atoms in total. The van der Waals surface area contributed by atoms with Crippen LogP contribution in [0.4, 0.5) is 18.9 Å². The van der Waals surface area contributed by atoms with Crippen molar-refractivity contribution >= 4 is 22.6 Å². The summed E-state index contributed by atoms with van der Waals surface area (Å²) in [6, 6.07) is 0. The molecular weight excluding hydrogens is 345 g/mol. The largest absolute Gasteiger partial charge is 0.419 e. The van der Waals surface area contributed by atoms with Crippen LogP contribution in [0, 0.1) is 5.92 Å². The number of pyridine rings is 1. The Hall–Kier alpha value is -2.25. The molecule has 142 valence electrons. The number of aromatic nitrogens is 2. The molecule has 0 spiro atoms. The SMILES string of the molecule is CC(C)C(=O)N1CCC(c2cn(C)c3ncc(N)c(C(F)(F)F)c23)CC1. The lowest BCUT2D eigenvalue weighted by molar-refractivity contribution is -0.136. The third kappa shape index (κ3) is 3.12. The van der Waals surface area contributed by atoms with Crippen molar-refractivity contribution < 1.29 is 18.0 Å². The predicted octanol–water partition coefficient (Wildman–Crippen LogP) is 3.54. The van der Waals surface area contributed by atoms with Gasteiger partial charge >= 0.3 is 6.18 Å². The Morgan fingerprint density at radius 1 is 1.31 bits per heavy atom. The highest BCUT2D eigenvalue weighted by Crippen LogP contribution is 2.43. The summed E-state index contributed by atoms with van der Waals surface area (Å²) in [5.74, 6) is -0.0483. The van der Waals surface area contributed by atoms with Gasteiger partial charge in [0.15, 0.2) is 0 Å². The van der Waals surface area contributed by atoms with Crippen molar-refractivity contribution in [3.8, 4) is 0 Å². The molecule has 3 heterocycles. The van der Waals surface area contributed by atoms with Gasteiger partial charge in [-0.2, -0.15) is 13.2 Å². The van der Waals surface area contributed by atoms with E-state index in [2.05, 4.69) is 4.98 Å². The van der Waals surface area contributed by atoms with Gasteiger partial charge in [0.05, 0.1) is 17.4 Å². The molecule has 1 fully saturated rings. The first kappa shape index (κ1) is 18.5. The summed E-state index contributed by atoms with van der Waals surface area (Å²) in [5, 5.41) is 0.0913. The lowest BCUT2D eigenvalue weighted by Crippen LogP contribution is -2.40. The monoisotopic (exact) mass is 368 g/mol. The molecule has 0 radical (unpaired) electrons. The summed E-state index contributed by atoms with van der Waals surface area (Å²) in [6.45, 7) is 4.80. The topological polar surface area (TPSA) is 64.2 Å². The molecule has 1 amide bonds. The number of piperidine rings is 1. The maximum Gasteiger partial charge on any atom is 0.419 e. The van der Waals surface area contributed by atoms with Crippen LogP contribution in [-0.2, 0) is 18.0 Å². The third-order valence-electron chi connectivity index (χ3n) is 5.07. The molecule has 0 bridgehead atoms. The van der Waals surface area contributed by atoms with Crippen LogP contribution in [0.15, 0.2) is 12.4 Å². The summed E-state index contributed by atoms with van der Waals surface area (Å²) in [5.41, 5.74) is 5.36. The Balaban J connectivity index is 2.00. The van der Waals surface area contributed by atoms with Crippen molar-refractivity contribution in [3.63, 3.8) is 0 Å². The van der Waals surface area contributed by atoms with Gasteiger partial charge in [-0.1, -0.05) is 13.8 Å². The van der Waals surface area contributed by atoms with Crippen molar-refractivity contribution in [2.75, 3.05) is 18.8 Å². The number of alkyl halides is 3. The molecule has 0 unspecified atom stereocenters. The fraction of sp³-hybridized carbons (Fsp3) is 0.556. The quantitative estimate of drug-likeness (QED) is 0.882. The van der Waals surface area contributed by atoms with E-state index in [1.165, 1.54) is 0 Å². The summed E-state index contributed by atoms with van der Waals surface area (Å²) >= 11 is 0. The number of amides is 1. The Bertz CT molecular complexity index is 833. The van der Waals surface area contributed by atoms with Gasteiger partial charge in [0, 0.05) is 37.6 Å². The smallest absolute Gasteiger partial charge is 0.397 e. The number of likely N-dealkylation sites (tertiary alicyclic amines) is 1. The van der Waals surface area contributed by atoms with Gasteiger partial charge in [-0.3, -0.25) is 4.79 Å². The van der Waals surface area contributed by atoms with Crippen molar-refractivity contribution in [2.24, 2.45) is 13.0 Å². The number of hydrogen-bond donors (Lipinski definition) is 1. The molecule has 8 heteroatoms. The van der Waals surface area contributed by atoms with Gasteiger partial charge in [0.25, 0.3) is 0 Å². The molecule has 3 rings (SSSR count). The van der Waals surface area contributed by atoms with Crippen LogP contribution in [0.5, 0.6) is 0 Å². The number of fused-ring (bicyclic) bond motifs is 1. The maximum absolute atomic E-state index is 13.6. The average Bonchev–Trinajstić information content (AvgIpc) is 2.89. The third-order valence-corrected chi connectivity index (χ3v) is 5.07. The standard InChI is InChI=1S/C18H23F3N4O/c1-10(2)17(26)25-6-4-11(5-7-25)12-9-24(3)16-14(12)15(18(19,20)21)13(22)8-23-16/h8-11H,4-7,22H2,1-3H3. The van der Waals surface area contributed by atoms with Crippen molar-refractivity contribution in [3.05, 3.63) is 23.5 Å². The van der Waals surface area contributed by atoms with E-state index in [1.54, 1.807) is 22.7 Å². The fourth-order valence-electron chi connectivity index (χ4n) is 3.78. The molecule has 1 aliphatic heterocycles. The Morgan fingerprint density at radius 3 is 2.46 bits per heavy atom. The fourth-order valence-corrected chi connectivity index (χ4v) is 3.78. The number of carbonyl (C=O) groups excluding carboxylic acids is 1. The minimum atomic E-state index is -4.55.